The van der Waals surface area contributed by atoms with E-state index in [-0.39, 0.29) is 5.56 Å². The van der Waals surface area contributed by atoms with Crippen molar-refractivity contribution in [1.29, 1.82) is 0 Å². The van der Waals surface area contributed by atoms with E-state index in [1.165, 1.54) is 24.3 Å². The molecule has 0 unspecified atom stereocenters. The minimum atomic E-state index is -1.70. The molecule has 2 rings (SSSR count). The van der Waals surface area contributed by atoms with Crippen molar-refractivity contribution in [2.24, 2.45) is 0 Å². The molecule has 0 radical (unpaired) electrons. The van der Waals surface area contributed by atoms with Crippen LogP contribution in [0.4, 0.5) is 5.69 Å². The van der Waals surface area contributed by atoms with Gasteiger partial charge in [0.25, 0.3) is 5.69 Å². The standard InChI is InChI=1S/C16H11NO8/c18-14(19)12-10(7-4-8-11(12)17(23)24)16(22)25-13(15(20)21)9-5-2-1-3-6-9/h1-8,13H,(H,18,19)(H,20,21)/t13-/m1/s1. The number of hydrogen-bond acceptors (Lipinski definition) is 6. The van der Waals surface area contributed by atoms with Crippen LogP contribution in [-0.4, -0.2) is 33.0 Å². The van der Waals surface area contributed by atoms with Crippen molar-refractivity contribution in [1.82, 2.24) is 0 Å². The van der Waals surface area contributed by atoms with Gasteiger partial charge in [0.15, 0.2) is 5.56 Å². The molecule has 0 spiro atoms. The molecular weight excluding hydrogens is 334 g/mol. The van der Waals surface area contributed by atoms with Crippen molar-refractivity contribution in [3.8, 4) is 0 Å². The maximum absolute atomic E-state index is 12.3. The summed E-state index contributed by atoms with van der Waals surface area (Å²) in [6.07, 6.45) is -1.69. The minimum absolute atomic E-state index is 0.158. The lowest BCUT2D eigenvalue weighted by atomic mass is 10.0. The first-order valence-electron chi connectivity index (χ1n) is 6.82. The normalized spacial score (nSPS) is 11.4. The Hall–Kier alpha value is -3.75. The Balaban J connectivity index is 2.44. The van der Waals surface area contributed by atoms with Gasteiger partial charge in [-0.1, -0.05) is 36.4 Å². The Bertz CT molecular complexity index is 846. The van der Waals surface area contributed by atoms with Gasteiger partial charge in [-0.05, 0) is 6.07 Å². The number of nitro benzene ring substituents is 1. The zero-order valence-corrected chi connectivity index (χ0v) is 12.5. The Morgan fingerprint density at radius 1 is 1.00 bits per heavy atom. The highest BCUT2D eigenvalue weighted by Crippen LogP contribution is 2.26. The third kappa shape index (κ3) is 3.78. The first-order valence-corrected chi connectivity index (χ1v) is 6.82. The lowest BCUT2D eigenvalue weighted by Crippen LogP contribution is -2.21. The van der Waals surface area contributed by atoms with E-state index in [4.69, 9.17) is 4.74 Å². The number of nitro groups is 1. The van der Waals surface area contributed by atoms with Crippen LogP contribution in [-0.2, 0) is 9.53 Å². The SMILES string of the molecule is O=C(O[C@@H](C(=O)O)c1ccccc1)c1cccc([N+](=O)[O-])c1C(=O)O. The Morgan fingerprint density at radius 2 is 1.64 bits per heavy atom. The van der Waals surface area contributed by atoms with Crippen LogP contribution in [0.1, 0.15) is 32.4 Å². The lowest BCUT2D eigenvalue weighted by molar-refractivity contribution is -0.385. The van der Waals surface area contributed by atoms with Gasteiger partial charge in [-0.25, -0.2) is 14.4 Å². The molecule has 0 aliphatic carbocycles. The number of esters is 1. The number of aliphatic carboxylic acids is 1. The summed E-state index contributed by atoms with van der Waals surface area (Å²) < 4.78 is 4.89. The maximum atomic E-state index is 12.3. The molecular formula is C16H11NO8. The topological polar surface area (TPSA) is 144 Å². The van der Waals surface area contributed by atoms with E-state index in [0.29, 0.717) is 0 Å². The number of rotatable bonds is 6. The average molecular weight is 345 g/mol. The largest absolute Gasteiger partial charge is 0.478 e. The molecule has 0 aliphatic rings. The van der Waals surface area contributed by atoms with Crippen molar-refractivity contribution in [2.75, 3.05) is 0 Å². The van der Waals surface area contributed by atoms with Gasteiger partial charge in [-0.15, -0.1) is 0 Å². The van der Waals surface area contributed by atoms with Gasteiger partial charge in [0.1, 0.15) is 0 Å². The lowest BCUT2D eigenvalue weighted by Gasteiger charge is -2.15. The number of ether oxygens (including phenoxy) is 1. The summed E-state index contributed by atoms with van der Waals surface area (Å²) in [5, 5.41) is 29.4. The number of benzene rings is 2. The Morgan fingerprint density at radius 3 is 2.16 bits per heavy atom. The number of carboxylic acid groups (broad SMARTS) is 2. The van der Waals surface area contributed by atoms with Gasteiger partial charge in [0, 0.05) is 11.6 Å². The first kappa shape index (κ1) is 17.6. The molecule has 2 N–H and O–H groups in total. The fourth-order valence-corrected chi connectivity index (χ4v) is 2.15. The summed E-state index contributed by atoms with van der Waals surface area (Å²) in [5.74, 6) is -4.47. The van der Waals surface area contributed by atoms with Crippen molar-refractivity contribution in [2.45, 2.75) is 6.10 Å². The third-order valence-electron chi connectivity index (χ3n) is 3.22. The smallest absolute Gasteiger partial charge is 0.349 e. The van der Waals surface area contributed by atoms with Crippen LogP contribution in [0.3, 0.4) is 0 Å². The highest BCUT2D eigenvalue weighted by Gasteiger charge is 2.31. The van der Waals surface area contributed by atoms with Crippen LogP contribution >= 0.6 is 0 Å². The van der Waals surface area contributed by atoms with Gasteiger partial charge >= 0.3 is 17.9 Å². The number of carbonyl (C=O) groups is 3. The van der Waals surface area contributed by atoms with E-state index in [0.717, 1.165) is 18.2 Å². The second-order valence-electron chi connectivity index (χ2n) is 4.80. The molecule has 2 aromatic carbocycles. The Labute approximate surface area is 140 Å². The monoisotopic (exact) mass is 345 g/mol. The molecule has 0 aromatic heterocycles. The average Bonchev–Trinajstić information content (AvgIpc) is 2.59. The molecule has 0 bridgehead atoms. The second kappa shape index (κ2) is 7.21. The predicted octanol–water partition coefficient (Wildman–Crippen LogP) is 2.28. The maximum Gasteiger partial charge on any atom is 0.349 e. The quantitative estimate of drug-likeness (QED) is 0.461. The molecule has 9 nitrogen and oxygen atoms in total. The van der Waals surface area contributed by atoms with Crippen LogP contribution in [0.2, 0.25) is 0 Å². The summed E-state index contributed by atoms with van der Waals surface area (Å²) in [5.41, 5.74) is -2.11. The van der Waals surface area contributed by atoms with E-state index in [1.807, 2.05) is 0 Å². The van der Waals surface area contributed by atoms with E-state index in [1.54, 1.807) is 6.07 Å². The molecule has 0 saturated carbocycles. The number of aromatic carboxylic acids is 1. The molecule has 25 heavy (non-hydrogen) atoms. The second-order valence-corrected chi connectivity index (χ2v) is 4.80. The van der Waals surface area contributed by atoms with E-state index in [9.17, 15) is 34.7 Å². The molecule has 9 heteroatoms. The van der Waals surface area contributed by atoms with Crippen molar-refractivity contribution >= 4 is 23.6 Å². The number of carboxylic acids is 2. The molecule has 0 amide bonds. The zero-order chi connectivity index (χ0) is 18.6. The van der Waals surface area contributed by atoms with Crippen LogP contribution in [0, 0.1) is 10.1 Å². The molecule has 1 atom stereocenters. The summed E-state index contributed by atoms with van der Waals surface area (Å²) in [6.45, 7) is 0. The van der Waals surface area contributed by atoms with Gasteiger partial charge < -0.3 is 14.9 Å². The summed E-state index contributed by atoms with van der Waals surface area (Å²) in [4.78, 5) is 44.9. The van der Waals surface area contributed by atoms with Crippen LogP contribution in [0.15, 0.2) is 48.5 Å². The number of hydrogen-bond donors (Lipinski definition) is 2. The van der Waals surface area contributed by atoms with Crippen molar-refractivity contribution in [3.05, 3.63) is 75.3 Å². The van der Waals surface area contributed by atoms with Crippen LogP contribution < -0.4 is 0 Å². The fraction of sp³-hybridized carbons (Fsp3) is 0.0625. The van der Waals surface area contributed by atoms with Gasteiger partial charge in [0.05, 0.1) is 10.5 Å². The van der Waals surface area contributed by atoms with E-state index in [2.05, 4.69) is 0 Å². The van der Waals surface area contributed by atoms with Crippen LogP contribution in [0.5, 0.6) is 0 Å². The zero-order valence-electron chi connectivity index (χ0n) is 12.5. The molecule has 0 aliphatic heterocycles. The number of carbonyl (C=O) groups excluding carboxylic acids is 1. The van der Waals surface area contributed by atoms with E-state index >= 15 is 0 Å². The molecule has 0 saturated heterocycles. The van der Waals surface area contributed by atoms with Gasteiger partial charge in [-0.3, -0.25) is 10.1 Å². The predicted molar refractivity (Wildman–Crippen MR) is 82.3 cm³/mol. The van der Waals surface area contributed by atoms with Crippen LogP contribution in [0.25, 0.3) is 0 Å². The van der Waals surface area contributed by atoms with Crippen molar-refractivity contribution < 1.29 is 34.3 Å². The van der Waals surface area contributed by atoms with E-state index < -0.39 is 45.7 Å². The molecule has 0 fully saturated rings. The summed E-state index contributed by atoms with van der Waals surface area (Å²) in [7, 11) is 0. The summed E-state index contributed by atoms with van der Waals surface area (Å²) >= 11 is 0. The van der Waals surface area contributed by atoms with Crippen molar-refractivity contribution in [3.63, 3.8) is 0 Å². The molecule has 128 valence electrons. The Kier molecular flexibility index (Phi) is 5.08. The first-order chi connectivity index (χ1) is 11.8. The van der Waals surface area contributed by atoms with Gasteiger partial charge in [-0.2, -0.15) is 0 Å². The molecule has 0 heterocycles. The number of nitrogens with zero attached hydrogens (tertiary/aromatic N) is 1. The summed E-state index contributed by atoms with van der Waals surface area (Å²) in [6, 6.07) is 10.6. The highest BCUT2D eigenvalue weighted by atomic mass is 16.6. The third-order valence-corrected chi connectivity index (χ3v) is 3.22. The highest BCUT2D eigenvalue weighted by molar-refractivity contribution is 6.05. The fourth-order valence-electron chi connectivity index (χ4n) is 2.15. The van der Waals surface area contributed by atoms with Gasteiger partial charge in [0.2, 0.25) is 6.10 Å². The minimum Gasteiger partial charge on any atom is -0.478 e. The molecule has 2 aromatic rings.